The molecule has 0 spiro atoms. The van der Waals surface area contributed by atoms with Gasteiger partial charge in [-0.2, -0.15) is 41.4 Å². The van der Waals surface area contributed by atoms with Gasteiger partial charge in [0.05, 0.1) is 112 Å². The summed E-state index contributed by atoms with van der Waals surface area (Å²) in [7, 11) is 0. The van der Waals surface area contributed by atoms with Crippen LogP contribution < -0.4 is 41.9 Å². The Balaban J connectivity index is 0.000000118. The van der Waals surface area contributed by atoms with Crippen molar-refractivity contribution in [2.45, 2.75) is 128 Å². The minimum absolute atomic E-state index is 0.0731. The van der Waals surface area contributed by atoms with Gasteiger partial charge in [-0.05, 0) is 147 Å². The summed E-state index contributed by atoms with van der Waals surface area (Å²) in [6.45, 7) is 13.0. The van der Waals surface area contributed by atoms with Crippen LogP contribution in [0.25, 0.3) is 22.7 Å². The Labute approximate surface area is 763 Å². The van der Waals surface area contributed by atoms with Crippen molar-refractivity contribution in [1.29, 1.82) is 21.0 Å². The van der Waals surface area contributed by atoms with E-state index in [1.807, 2.05) is 239 Å². The van der Waals surface area contributed by atoms with Crippen molar-refractivity contribution in [1.82, 2.24) is 77.3 Å². The Bertz CT molecular complexity index is 6920. The van der Waals surface area contributed by atoms with Gasteiger partial charge in [0, 0.05) is 105 Å². The van der Waals surface area contributed by atoms with Gasteiger partial charge in [-0.3, -0.25) is 0 Å². The molecule has 8 aromatic heterocycles. The molecule has 4 atom stereocenters. The first-order valence-electron chi connectivity index (χ1n) is 43.6. The summed E-state index contributed by atoms with van der Waals surface area (Å²) in [6.07, 6.45) is 26.3. The number of ether oxygens (including phenoxy) is 4. The lowest BCUT2D eigenvalue weighted by atomic mass is 9.83. The highest BCUT2D eigenvalue weighted by Gasteiger charge is 2.44. The van der Waals surface area contributed by atoms with E-state index >= 15 is 0 Å². The fourth-order valence-electron chi connectivity index (χ4n) is 17.3. The van der Waals surface area contributed by atoms with Crippen molar-refractivity contribution in [2.24, 2.45) is 22.9 Å². The molecule has 1 fully saturated rings. The van der Waals surface area contributed by atoms with E-state index in [1.165, 1.54) is 0 Å². The van der Waals surface area contributed by atoms with E-state index in [0.717, 1.165) is 125 Å². The zero-order valence-electron chi connectivity index (χ0n) is 73.5. The Morgan fingerprint density at radius 1 is 0.364 bits per heavy atom. The molecule has 1 aliphatic carbocycles. The maximum atomic E-state index is 10.1. The maximum Gasteiger partial charge on any atom is 0.224 e. The SMILES string of the molecule is CC(C)(C)n1nc(Cc2ccccc2)c2c1OC(N)=C(C#N)C2c1ccc(-n2ccnc2)cc1.CC(C)n1nc(Cc2ccccc2)c2c1OC(N)=C(C#N)C2c1ccc(-n2ccnc2)cc1.CCn1nc(Cc2ccccc2)c2c1OC(N)=C(C#N)C2c1ccc(-n2ccnc2)cc1.N#CC1=C(N)Oc2c(c(Cc3ccccc3)nn2C2CC2)C1c1ccc(-n2ccnc2)cc1. The van der Waals surface area contributed by atoms with E-state index in [9.17, 15) is 21.0 Å². The van der Waals surface area contributed by atoms with E-state index in [0.29, 0.717) is 84.1 Å². The van der Waals surface area contributed by atoms with Gasteiger partial charge in [-0.1, -0.05) is 170 Å². The summed E-state index contributed by atoms with van der Waals surface area (Å²) in [5.41, 5.74) is 45.9. The molecule has 0 amide bonds. The molecule has 28 heteroatoms. The molecular weight excluding hydrogens is 1650 g/mol. The first-order valence-corrected chi connectivity index (χ1v) is 43.6. The number of nitrogens with zero attached hydrogens (tertiary/aromatic N) is 20. The van der Waals surface area contributed by atoms with Gasteiger partial charge < -0.3 is 60.2 Å². The lowest BCUT2D eigenvalue weighted by molar-refractivity contribution is 0.277. The number of imidazole rings is 4. The van der Waals surface area contributed by atoms with E-state index in [2.05, 4.69) is 127 Å². The molecule has 654 valence electrons. The third-order valence-electron chi connectivity index (χ3n) is 23.9. The second-order valence-electron chi connectivity index (χ2n) is 33.9. The van der Waals surface area contributed by atoms with E-state index in [4.69, 9.17) is 62.3 Å². The van der Waals surface area contributed by atoms with E-state index in [1.54, 1.807) is 50.1 Å². The lowest BCUT2D eigenvalue weighted by Gasteiger charge is -2.28. The molecular formula is C104H94N24O4. The molecule has 0 bridgehead atoms. The smallest absolute Gasteiger partial charge is 0.224 e. The Morgan fingerprint density at radius 3 is 0.955 bits per heavy atom. The summed E-state index contributed by atoms with van der Waals surface area (Å²) in [6, 6.07) is 82.8. The lowest BCUT2D eigenvalue weighted by Crippen LogP contribution is -2.27. The number of aryl methyl sites for hydroxylation is 1. The number of benzene rings is 8. The average Bonchev–Trinajstić information content (AvgIpc) is 1.60. The minimum atomic E-state index is -0.375. The van der Waals surface area contributed by atoms with Crippen LogP contribution in [0.4, 0.5) is 0 Å². The second kappa shape index (κ2) is 37.0. The normalized spacial score (nSPS) is 15.8. The number of hydrogen-bond acceptors (Lipinski definition) is 20. The van der Waals surface area contributed by atoms with E-state index < -0.39 is 0 Å². The summed E-state index contributed by atoms with van der Waals surface area (Å²) in [5, 5.41) is 59.8. The standard InChI is InChI=1S/C27H26N6O.C26H22N6O.C26H24N6O.C25H22N6O/c1-27(2,3)33-26-24(22(31-33)15-18-7-5-4-6-8-18)23(21(16-28)25(29)34-26)19-9-11-20(12-10-19)32-14-13-30-17-32;27-15-21-23(18-6-8-19(9-7-18)31-13-12-29-16-31)24-22(14-17-4-2-1-3-5-17)30-32(20-10-11-20)26(24)33-25(21)28;1-17(2)32-26-24(22(30-32)14-18-6-4-3-5-7-18)23(21(15-27)25(28)33-26)19-8-10-20(11-9-19)31-13-12-29-16-31;1-2-31-25-23(21(29-31)14-17-6-4-3-5-7-17)22(20(15-26)24(27)32-25)18-8-10-19(11-9-18)30-13-12-28-16-30/h4-14,17,23H,15,29H2,1-3H3;1-9,12-13,16,20,23H,10-11,14,28H2;3-13,16-17,23H,14,28H2,1-2H3;3-13,16,22H,2,14,27H2,1H3. The number of allylic oxidation sites excluding steroid dienone is 4. The predicted molar refractivity (Wildman–Crippen MR) is 497 cm³/mol. The first kappa shape index (κ1) is 85.5. The van der Waals surface area contributed by atoms with Gasteiger partial charge in [0.15, 0.2) is 0 Å². The Morgan fingerprint density at radius 2 is 0.652 bits per heavy atom. The Kier molecular flexibility index (Phi) is 24.0. The third-order valence-corrected chi connectivity index (χ3v) is 23.9. The first-order chi connectivity index (χ1) is 64.3. The maximum absolute atomic E-state index is 10.1. The van der Waals surface area contributed by atoms with E-state index in [-0.39, 0.29) is 58.8 Å². The molecule has 8 N–H and O–H groups in total. The molecule has 0 saturated heterocycles. The third kappa shape index (κ3) is 17.2. The largest absolute Gasteiger partial charge is 0.422 e. The van der Waals surface area contributed by atoms with Crippen molar-refractivity contribution in [3.8, 4) is 70.5 Å². The van der Waals surface area contributed by atoms with Gasteiger partial charge >= 0.3 is 0 Å². The molecule has 28 nitrogen and oxygen atoms in total. The fraction of sp³-hybridized carbons (Fsp3) is 0.192. The second-order valence-corrected chi connectivity index (χ2v) is 33.9. The van der Waals surface area contributed by atoms with Gasteiger partial charge in [0.2, 0.25) is 47.1 Å². The van der Waals surface area contributed by atoms with Crippen molar-refractivity contribution >= 4 is 0 Å². The van der Waals surface area contributed by atoms with Gasteiger partial charge in [-0.25, -0.2) is 38.7 Å². The zero-order chi connectivity index (χ0) is 91.3. The molecule has 21 rings (SSSR count). The topological polar surface area (TPSA) is 379 Å². The van der Waals surface area contributed by atoms with Crippen LogP contribution in [0, 0.1) is 45.3 Å². The van der Waals surface area contributed by atoms with Gasteiger partial charge in [-0.15, -0.1) is 0 Å². The average molecular weight is 1740 g/mol. The van der Waals surface area contributed by atoms with Crippen LogP contribution in [0.3, 0.4) is 0 Å². The van der Waals surface area contributed by atoms with Crippen LogP contribution in [-0.2, 0) is 37.8 Å². The monoisotopic (exact) mass is 1740 g/mol. The molecule has 1 saturated carbocycles. The highest BCUT2D eigenvalue weighted by atomic mass is 16.5. The van der Waals surface area contributed by atoms with Crippen LogP contribution in [0.5, 0.6) is 23.5 Å². The highest BCUT2D eigenvalue weighted by Crippen LogP contribution is 2.52. The summed E-state index contributed by atoms with van der Waals surface area (Å²) >= 11 is 0. The highest BCUT2D eigenvalue weighted by molar-refractivity contribution is 5.63. The Hall–Kier alpha value is -17.2. The number of hydrogen-bond donors (Lipinski definition) is 4. The van der Waals surface area contributed by atoms with Crippen LogP contribution in [-0.4, -0.2) is 77.3 Å². The zero-order valence-corrected chi connectivity index (χ0v) is 73.5. The van der Waals surface area contributed by atoms with Gasteiger partial charge in [0.1, 0.15) is 46.6 Å². The van der Waals surface area contributed by atoms with Gasteiger partial charge in [0.25, 0.3) is 0 Å². The van der Waals surface area contributed by atoms with Crippen LogP contribution in [0.2, 0.25) is 0 Å². The van der Waals surface area contributed by atoms with Crippen LogP contribution in [0.15, 0.2) is 339 Å². The molecule has 16 aromatic rings. The molecule has 5 aliphatic rings. The number of fused-ring (bicyclic) bond motifs is 4. The molecule has 12 heterocycles. The van der Waals surface area contributed by atoms with Crippen LogP contribution in [0.1, 0.15) is 180 Å². The van der Waals surface area contributed by atoms with Crippen LogP contribution >= 0.6 is 0 Å². The summed E-state index contributed by atoms with van der Waals surface area (Å²) < 4.78 is 39.3. The number of aromatic nitrogens is 16. The fourth-order valence-corrected chi connectivity index (χ4v) is 17.3. The summed E-state index contributed by atoms with van der Waals surface area (Å²) in [4.78, 5) is 16.5. The van der Waals surface area contributed by atoms with Crippen molar-refractivity contribution in [3.05, 3.63) is 429 Å². The number of nitrogens with two attached hydrogens (primary N) is 4. The number of rotatable bonds is 19. The molecule has 8 aromatic carbocycles. The molecule has 4 aliphatic heterocycles. The molecule has 0 radical (unpaired) electrons. The van der Waals surface area contributed by atoms with Crippen molar-refractivity contribution < 1.29 is 18.9 Å². The van der Waals surface area contributed by atoms with Crippen molar-refractivity contribution in [3.63, 3.8) is 0 Å². The number of nitriles is 4. The molecule has 132 heavy (non-hydrogen) atoms. The predicted octanol–water partition coefficient (Wildman–Crippen LogP) is 17.2. The minimum Gasteiger partial charge on any atom is -0.422 e. The summed E-state index contributed by atoms with van der Waals surface area (Å²) in [5.74, 6) is 1.60. The molecule has 4 unspecified atom stereocenters. The van der Waals surface area contributed by atoms with Crippen molar-refractivity contribution in [2.75, 3.05) is 0 Å². The quantitative estimate of drug-likeness (QED) is 0.0584.